The molecule has 92 valence electrons. The van der Waals surface area contributed by atoms with E-state index < -0.39 is 0 Å². The normalized spacial score (nSPS) is 13.2. The molecule has 0 aliphatic carbocycles. The van der Waals surface area contributed by atoms with Crippen LogP contribution in [0.15, 0.2) is 60.7 Å². The molecule has 0 radical (unpaired) electrons. The van der Waals surface area contributed by atoms with Crippen LogP contribution in [0.25, 0.3) is 21.9 Å². The van der Waals surface area contributed by atoms with Gasteiger partial charge in [0, 0.05) is 24.7 Å². The predicted molar refractivity (Wildman–Crippen MR) is 81.5 cm³/mol. The Morgan fingerprint density at radius 1 is 0.789 bits per heavy atom. The van der Waals surface area contributed by atoms with Gasteiger partial charge in [0.1, 0.15) is 0 Å². The van der Waals surface area contributed by atoms with Gasteiger partial charge in [-0.25, -0.2) is 0 Å². The van der Waals surface area contributed by atoms with Gasteiger partial charge in [0.25, 0.3) is 0 Å². The average Bonchev–Trinajstić information content (AvgIpc) is 2.57. The van der Waals surface area contributed by atoms with Gasteiger partial charge in [-0.15, -0.1) is 0 Å². The van der Waals surface area contributed by atoms with Crippen molar-refractivity contribution in [3.8, 4) is 11.1 Å². The average molecular weight is 245 g/mol. The third-order valence-corrected chi connectivity index (χ3v) is 4.01. The third-order valence-electron chi connectivity index (χ3n) is 4.01. The second kappa shape index (κ2) is 3.86. The number of hydrogen-bond acceptors (Lipinski definition) is 1. The second-order valence-corrected chi connectivity index (χ2v) is 5.19. The Morgan fingerprint density at radius 3 is 2.42 bits per heavy atom. The highest BCUT2D eigenvalue weighted by atomic mass is 15.1. The van der Waals surface area contributed by atoms with Gasteiger partial charge >= 0.3 is 0 Å². The van der Waals surface area contributed by atoms with Gasteiger partial charge in [0.2, 0.25) is 0 Å². The lowest BCUT2D eigenvalue weighted by Gasteiger charge is -2.19. The molecule has 0 bridgehead atoms. The molecule has 0 amide bonds. The Labute approximate surface area is 113 Å². The van der Waals surface area contributed by atoms with E-state index in [-0.39, 0.29) is 0 Å². The zero-order valence-corrected chi connectivity index (χ0v) is 10.9. The first-order chi connectivity index (χ1) is 9.34. The van der Waals surface area contributed by atoms with Gasteiger partial charge in [0.15, 0.2) is 0 Å². The molecule has 0 saturated carbocycles. The Balaban J connectivity index is 2.20. The lowest BCUT2D eigenvalue weighted by Crippen LogP contribution is -2.15. The van der Waals surface area contributed by atoms with Crippen LogP contribution in [-0.4, -0.2) is 7.05 Å². The van der Waals surface area contributed by atoms with Crippen LogP contribution < -0.4 is 4.90 Å². The number of nitrogens with zero attached hydrogens (tertiary/aromatic N) is 1. The molecule has 0 spiro atoms. The monoisotopic (exact) mass is 245 g/mol. The zero-order chi connectivity index (χ0) is 12.8. The van der Waals surface area contributed by atoms with Crippen LogP contribution in [0.5, 0.6) is 0 Å². The molecular weight excluding hydrogens is 230 g/mol. The molecule has 0 unspecified atom stereocenters. The Morgan fingerprint density at radius 2 is 1.53 bits per heavy atom. The lowest BCUT2D eigenvalue weighted by atomic mass is 9.95. The standard InChI is InChI=1S/C18H15N/c1-19-12-14-6-2-3-9-15(14)16-10-4-7-13-8-5-11-17(19)18(13)16/h2-11H,12H2,1H3. The molecule has 1 aliphatic rings. The van der Waals surface area contributed by atoms with E-state index in [1.807, 2.05) is 0 Å². The van der Waals surface area contributed by atoms with Gasteiger partial charge in [-0.1, -0.05) is 54.6 Å². The maximum absolute atomic E-state index is 2.34. The van der Waals surface area contributed by atoms with Crippen LogP contribution in [0.1, 0.15) is 5.56 Å². The molecule has 1 nitrogen and oxygen atoms in total. The third kappa shape index (κ3) is 1.48. The van der Waals surface area contributed by atoms with E-state index in [2.05, 4.69) is 72.6 Å². The first-order valence-corrected chi connectivity index (χ1v) is 6.66. The van der Waals surface area contributed by atoms with Crippen LogP contribution in [-0.2, 0) is 6.54 Å². The Bertz CT molecular complexity index is 768. The van der Waals surface area contributed by atoms with E-state index in [9.17, 15) is 0 Å². The van der Waals surface area contributed by atoms with Gasteiger partial charge in [-0.3, -0.25) is 0 Å². The molecule has 3 aromatic rings. The van der Waals surface area contributed by atoms with Crippen LogP contribution in [0.3, 0.4) is 0 Å². The summed E-state index contributed by atoms with van der Waals surface area (Å²) in [5, 5.41) is 2.69. The number of anilines is 1. The SMILES string of the molecule is CN1Cc2ccccc2-c2cccc3cccc1c23. The van der Waals surface area contributed by atoms with E-state index in [1.54, 1.807) is 0 Å². The van der Waals surface area contributed by atoms with Crippen molar-refractivity contribution in [3.05, 3.63) is 66.2 Å². The van der Waals surface area contributed by atoms with Crippen molar-refractivity contribution < 1.29 is 0 Å². The number of fused-ring (bicyclic) bond motifs is 2. The summed E-state index contributed by atoms with van der Waals surface area (Å²) in [6, 6.07) is 21.9. The summed E-state index contributed by atoms with van der Waals surface area (Å²) in [5.41, 5.74) is 5.44. The summed E-state index contributed by atoms with van der Waals surface area (Å²) in [6.45, 7) is 0.962. The zero-order valence-electron chi connectivity index (χ0n) is 10.9. The number of rotatable bonds is 0. The van der Waals surface area contributed by atoms with Crippen molar-refractivity contribution in [2.24, 2.45) is 0 Å². The summed E-state index contributed by atoms with van der Waals surface area (Å²) in [5.74, 6) is 0. The largest absolute Gasteiger partial charge is 0.370 e. The molecule has 1 aliphatic heterocycles. The van der Waals surface area contributed by atoms with Crippen molar-refractivity contribution in [1.29, 1.82) is 0 Å². The molecule has 0 N–H and O–H groups in total. The maximum Gasteiger partial charge on any atom is 0.0452 e. The van der Waals surface area contributed by atoms with Crippen molar-refractivity contribution in [2.75, 3.05) is 11.9 Å². The molecule has 3 aromatic carbocycles. The topological polar surface area (TPSA) is 3.24 Å². The van der Waals surface area contributed by atoms with Crippen molar-refractivity contribution in [2.45, 2.75) is 6.54 Å². The van der Waals surface area contributed by atoms with Gasteiger partial charge in [0.05, 0.1) is 0 Å². The van der Waals surface area contributed by atoms with Crippen molar-refractivity contribution in [1.82, 2.24) is 0 Å². The fraction of sp³-hybridized carbons (Fsp3) is 0.111. The van der Waals surface area contributed by atoms with Crippen LogP contribution in [0.4, 0.5) is 5.69 Å². The summed E-state index contributed by atoms with van der Waals surface area (Å²) < 4.78 is 0. The minimum atomic E-state index is 0.962. The van der Waals surface area contributed by atoms with Gasteiger partial charge < -0.3 is 4.90 Å². The van der Waals surface area contributed by atoms with Crippen LogP contribution in [0.2, 0.25) is 0 Å². The summed E-state index contributed by atoms with van der Waals surface area (Å²) in [4.78, 5) is 2.34. The fourth-order valence-corrected chi connectivity index (χ4v) is 3.13. The molecule has 4 rings (SSSR count). The molecule has 19 heavy (non-hydrogen) atoms. The summed E-state index contributed by atoms with van der Waals surface area (Å²) >= 11 is 0. The Hall–Kier alpha value is -2.28. The second-order valence-electron chi connectivity index (χ2n) is 5.19. The quantitative estimate of drug-likeness (QED) is 0.565. The van der Waals surface area contributed by atoms with E-state index in [1.165, 1.54) is 33.2 Å². The highest BCUT2D eigenvalue weighted by Gasteiger charge is 2.18. The molecule has 0 atom stereocenters. The van der Waals surface area contributed by atoms with Crippen molar-refractivity contribution in [3.63, 3.8) is 0 Å². The molecule has 0 fully saturated rings. The fourth-order valence-electron chi connectivity index (χ4n) is 3.13. The highest BCUT2D eigenvalue weighted by molar-refractivity contribution is 6.06. The predicted octanol–water partition coefficient (Wildman–Crippen LogP) is 4.46. The van der Waals surface area contributed by atoms with Gasteiger partial charge in [-0.05, 0) is 28.1 Å². The van der Waals surface area contributed by atoms with Crippen LogP contribution >= 0.6 is 0 Å². The van der Waals surface area contributed by atoms with E-state index in [0.29, 0.717) is 0 Å². The highest BCUT2D eigenvalue weighted by Crippen LogP contribution is 2.40. The summed E-state index contributed by atoms with van der Waals surface area (Å²) in [7, 11) is 2.17. The molecule has 1 heteroatoms. The Kier molecular flexibility index (Phi) is 2.16. The maximum atomic E-state index is 2.34. The van der Waals surface area contributed by atoms with Gasteiger partial charge in [-0.2, -0.15) is 0 Å². The molecule has 0 saturated heterocycles. The minimum Gasteiger partial charge on any atom is -0.370 e. The van der Waals surface area contributed by atoms with Crippen molar-refractivity contribution >= 4 is 16.5 Å². The molecule has 0 aromatic heterocycles. The van der Waals surface area contributed by atoms with Crippen LogP contribution in [0, 0.1) is 0 Å². The lowest BCUT2D eigenvalue weighted by molar-refractivity contribution is 0.935. The first-order valence-electron chi connectivity index (χ1n) is 6.66. The van der Waals surface area contributed by atoms with E-state index in [4.69, 9.17) is 0 Å². The first kappa shape index (κ1) is 10.6. The minimum absolute atomic E-state index is 0.962. The van der Waals surface area contributed by atoms with E-state index in [0.717, 1.165) is 6.54 Å². The molecule has 1 heterocycles. The summed E-state index contributed by atoms with van der Waals surface area (Å²) in [6.07, 6.45) is 0. The number of benzene rings is 3. The smallest absolute Gasteiger partial charge is 0.0452 e. The number of hydrogen-bond donors (Lipinski definition) is 0. The molecular formula is C18H15N. The van der Waals surface area contributed by atoms with E-state index >= 15 is 0 Å².